The summed E-state index contributed by atoms with van der Waals surface area (Å²) in [7, 11) is 0. The zero-order chi connectivity index (χ0) is 11.4. The summed E-state index contributed by atoms with van der Waals surface area (Å²) in [5.74, 6) is 0.273. The minimum Gasteiger partial charge on any atom is -0.493 e. The molecule has 3 nitrogen and oxygen atoms in total. The van der Waals surface area contributed by atoms with Crippen molar-refractivity contribution < 1.29 is 14.3 Å². The molecule has 1 aromatic rings. The van der Waals surface area contributed by atoms with Crippen molar-refractivity contribution in [2.75, 3.05) is 6.61 Å². The molecule has 0 saturated heterocycles. The van der Waals surface area contributed by atoms with Crippen LogP contribution < -0.4 is 4.74 Å². The summed E-state index contributed by atoms with van der Waals surface area (Å²) >= 11 is 3.26. The molecule has 0 spiro atoms. The first kappa shape index (κ1) is 11.9. The molecule has 0 unspecified atom stereocenters. The number of rotatable bonds is 4. The van der Waals surface area contributed by atoms with Gasteiger partial charge in [0.2, 0.25) is 0 Å². The Morgan fingerprint density at radius 2 is 2.20 bits per heavy atom. The van der Waals surface area contributed by atoms with E-state index in [4.69, 9.17) is 4.74 Å². The van der Waals surface area contributed by atoms with Gasteiger partial charge in [-0.05, 0) is 26.0 Å². The fraction of sp³-hybridized carbons (Fsp3) is 0.273. The number of carbonyl (C=O) groups excluding carboxylic acids is 2. The smallest absolute Gasteiger partial charge is 0.164 e. The number of Topliss-reactive ketones (excluding diaryl/α,β-unsaturated/α-hetero) is 1. The molecule has 0 aliphatic carbocycles. The zero-order valence-corrected chi connectivity index (χ0v) is 10.1. The third kappa shape index (κ3) is 2.65. The molecule has 80 valence electrons. The molecule has 0 aromatic heterocycles. The molecule has 0 heterocycles. The van der Waals surface area contributed by atoms with Crippen LogP contribution in [0.3, 0.4) is 0 Å². The average molecular weight is 271 g/mol. The van der Waals surface area contributed by atoms with Crippen molar-refractivity contribution in [2.45, 2.75) is 13.8 Å². The van der Waals surface area contributed by atoms with Crippen molar-refractivity contribution in [2.24, 2.45) is 0 Å². The second kappa shape index (κ2) is 5.07. The largest absolute Gasteiger partial charge is 0.493 e. The summed E-state index contributed by atoms with van der Waals surface area (Å²) in [6, 6.07) is 3.29. The molecular weight excluding hydrogens is 260 g/mol. The lowest BCUT2D eigenvalue weighted by atomic mass is 10.0. The highest BCUT2D eigenvalue weighted by Crippen LogP contribution is 2.27. The van der Waals surface area contributed by atoms with Crippen LogP contribution in [0.5, 0.6) is 5.75 Å². The van der Waals surface area contributed by atoms with E-state index in [-0.39, 0.29) is 5.78 Å². The second-order valence-corrected chi connectivity index (χ2v) is 3.89. The average Bonchev–Trinajstić information content (AvgIpc) is 2.16. The molecule has 0 fully saturated rings. The maximum Gasteiger partial charge on any atom is 0.164 e. The van der Waals surface area contributed by atoms with Crippen LogP contribution in [0.25, 0.3) is 0 Å². The molecule has 0 bridgehead atoms. The zero-order valence-electron chi connectivity index (χ0n) is 8.54. The molecule has 0 N–H and O–H groups in total. The van der Waals surface area contributed by atoms with Gasteiger partial charge in [-0.15, -0.1) is 0 Å². The number of benzene rings is 1. The summed E-state index contributed by atoms with van der Waals surface area (Å²) in [4.78, 5) is 22.2. The summed E-state index contributed by atoms with van der Waals surface area (Å²) in [6.45, 7) is 3.69. The SMILES string of the molecule is CCOc1cc(Br)cc(C=O)c1C(C)=O. The molecule has 0 aliphatic rings. The van der Waals surface area contributed by atoms with Gasteiger partial charge < -0.3 is 4.74 Å². The standard InChI is InChI=1S/C11H11BrO3/c1-3-15-10-5-9(12)4-8(6-13)11(10)7(2)14/h4-6H,3H2,1-2H3. The number of ether oxygens (including phenoxy) is 1. The monoisotopic (exact) mass is 270 g/mol. The quantitative estimate of drug-likeness (QED) is 0.624. The van der Waals surface area contributed by atoms with E-state index in [0.717, 1.165) is 4.47 Å². The Balaban J connectivity index is 3.39. The first-order chi connectivity index (χ1) is 7.10. The van der Waals surface area contributed by atoms with Crippen molar-refractivity contribution in [3.05, 3.63) is 27.7 Å². The van der Waals surface area contributed by atoms with Crippen LogP contribution in [0.4, 0.5) is 0 Å². The summed E-state index contributed by atoms with van der Waals surface area (Å²) in [6.07, 6.45) is 0.657. The number of halogens is 1. The fourth-order valence-electron chi connectivity index (χ4n) is 1.34. The van der Waals surface area contributed by atoms with Gasteiger partial charge in [-0.2, -0.15) is 0 Å². The van der Waals surface area contributed by atoms with Crippen molar-refractivity contribution in [1.82, 2.24) is 0 Å². The summed E-state index contributed by atoms with van der Waals surface area (Å²) < 4.78 is 6.03. The second-order valence-electron chi connectivity index (χ2n) is 2.98. The molecule has 0 saturated carbocycles. The van der Waals surface area contributed by atoms with E-state index in [2.05, 4.69) is 15.9 Å². The Hall–Kier alpha value is -1.16. The van der Waals surface area contributed by atoms with Crippen molar-refractivity contribution in [3.63, 3.8) is 0 Å². The highest BCUT2D eigenvalue weighted by Gasteiger charge is 2.14. The Kier molecular flexibility index (Phi) is 4.03. The van der Waals surface area contributed by atoms with E-state index in [0.29, 0.717) is 29.8 Å². The third-order valence-electron chi connectivity index (χ3n) is 1.88. The van der Waals surface area contributed by atoms with Crippen molar-refractivity contribution >= 4 is 28.0 Å². The lowest BCUT2D eigenvalue weighted by Crippen LogP contribution is -2.04. The third-order valence-corrected chi connectivity index (χ3v) is 2.33. The van der Waals surface area contributed by atoms with Crippen LogP contribution in [-0.2, 0) is 0 Å². The van der Waals surface area contributed by atoms with E-state index in [9.17, 15) is 9.59 Å². The Labute approximate surface area is 96.6 Å². The molecule has 4 heteroatoms. The number of ketones is 1. The molecule has 1 rings (SSSR count). The van der Waals surface area contributed by atoms with Gasteiger partial charge in [0.05, 0.1) is 12.2 Å². The van der Waals surface area contributed by atoms with E-state index in [1.807, 2.05) is 6.92 Å². The first-order valence-corrected chi connectivity index (χ1v) is 5.32. The predicted octanol–water partition coefficient (Wildman–Crippen LogP) is 2.86. The van der Waals surface area contributed by atoms with Crippen molar-refractivity contribution in [3.8, 4) is 5.75 Å². The first-order valence-electron chi connectivity index (χ1n) is 4.52. The lowest BCUT2D eigenvalue weighted by Gasteiger charge is -2.10. The van der Waals surface area contributed by atoms with E-state index < -0.39 is 0 Å². The van der Waals surface area contributed by atoms with Gasteiger partial charge in [0.1, 0.15) is 5.75 Å². The van der Waals surface area contributed by atoms with Crippen LogP contribution >= 0.6 is 15.9 Å². The van der Waals surface area contributed by atoms with Crippen LogP contribution in [-0.4, -0.2) is 18.7 Å². The van der Waals surface area contributed by atoms with Crippen LogP contribution in [0.15, 0.2) is 16.6 Å². The topological polar surface area (TPSA) is 43.4 Å². The highest BCUT2D eigenvalue weighted by atomic mass is 79.9. The minimum absolute atomic E-state index is 0.173. The van der Waals surface area contributed by atoms with Crippen LogP contribution in [0, 0.1) is 0 Å². The summed E-state index contributed by atoms with van der Waals surface area (Å²) in [5, 5.41) is 0. The molecule has 0 radical (unpaired) electrons. The minimum atomic E-state index is -0.173. The Bertz CT molecular complexity index is 399. The Morgan fingerprint density at radius 1 is 1.53 bits per heavy atom. The van der Waals surface area contributed by atoms with Crippen LogP contribution in [0.2, 0.25) is 0 Å². The molecule has 0 atom stereocenters. The molecule has 15 heavy (non-hydrogen) atoms. The molecule has 1 aromatic carbocycles. The molecule has 0 aliphatic heterocycles. The van der Waals surface area contributed by atoms with E-state index in [1.165, 1.54) is 6.92 Å². The van der Waals surface area contributed by atoms with Gasteiger partial charge in [0, 0.05) is 10.0 Å². The van der Waals surface area contributed by atoms with Crippen LogP contribution in [0.1, 0.15) is 34.6 Å². The lowest BCUT2D eigenvalue weighted by molar-refractivity contribution is 0.100. The van der Waals surface area contributed by atoms with Gasteiger partial charge in [-0.3, -0.25) is 9.59 Å². The molecular formula is C11H11BrO3. The van der Waals surface area contributed by atoms with E-state index in [1.54, 1.807) is 12.1 Å². The highest BCUT2D eigenvalue weighted by molar-refractivity contribution is 9.10. The summed E-state index contributed by atoms with van der Waals surface area (Å²) in [5.41, 5.74) is 0.690. The normalized spacial score (nSPS) is 9.80. The maximum absolute atomic E-state index is 11.4. The number of aldehydes is 1. The molecule has 0 amide bonds. The Morgan fingerprint density at radius 3 is 2.67 bits per heavy atom. The van der Waals surface area contributed by atoms with Crippen molar-refractivity contribution in [1.29, 1.82) is 0 Å². The number of carbonyl (C=O) groups is 2. The number of hydrogen-bond donors (Lipinski definition) is 0. The van der Waals surface area contributed by atoms with Gasteiger partial charge in [-0.25, -0.2) is 0 Å². The van der Waals surface area contributed by atoms with E-state index >= 15 is 0 Å². The van der Waals surface area contributed by atoms with Gasteiger partial charge in [-0.1, -0.05) is 15.9 Å². The van der Waals surface area contributed by atoms with Gasteiger partial charge in [0.15, 0.2) is 12.1 Å². The fourth-order valence-corrected chi connectivity index (χ4v) is 1.80. The van der Waals surface area contributed by atoms with Gasteiger partial charge in [0.25, 0.3) is 0 Å². The predicted molar refractivity (Wildman–Crippen MR) is 60.7 cm³/mol. The number of hydrogen-bond acceptors (Lipinski definition) is 3. The maximum atomic E-state index is 11.4. The van der Waals surface area contributed by atoms with Gasteiger partial charge >= 0.3 is 0 Å².